The summed E-state index contributed by atoms with van der Waals surface area (Å²) < 4.78 is 65.1. The summed E-state index contributed by atoms with van der Waals surface area (Å²) in [5.41, 5.74) is 0. The number of amides is 2. The number of nitrogens with one attached hydrogen (secondary N) is 2. The van der Waals surface area contributed by atoms with Crippen LogP contribution in [-0.4, -0.2) is 229 Å². The fraction of sp³-hybridized carbons (Fsp3) is 0.943. The number of urea groups is 1. The van der Waals surface area contributed by atoms with Crippen molar-refractivity contribution < 1.29 is 86.9 Å². The molecule has 55 heavy (non-hydrogen) atoms. The Morgan fingerprint density at radius 1 is 0.436 bits per heavy atom. The molecule has 0 aliphatic carbocycles. The molecule has 3 atom stereocenters. The van der Waals surface area contributed by atoms with Gasteiger partial charge in [0, 0.05) is 26.1 Å². The van der Waals surface area contributed by atoms with Gasteiger partial charge in [-0.05, 0) is 13.3 Å². The van der Waals surface area contributed by atoms with Gasteiger partial charge in [-0.1, -0.05) is 0 Å². The first-order valence-electron chi connectivity index (χ1n) is 19.0. The molecule has 328 valence electrons. The van der Waals surface area contributed by atoms with E-state index >= 15 is 0 Å². The molecule has 0 radical (unpaired) electrons. The number of ketones is 1. The number of rotatable bonds is 45. The molecule has 0 saturated carbocycles. The van der Waals surface area contributed by atoms with E-state index in [1.807, 2.05) is 0 Å². The van der Waals surface area contributed by atoms with Crippen LogP contribution >= 0.6 is 0 Å². The number of aliphatic hydroxyl groups excluding tert-OH is 4. The normalized spacial score (nSPS) is 13.2. The summed E-state index contributed by atoms with van der Waals surface area (Å²) in [4.78, 5) is 22.5. The molecule has 0 aliphatic heterocycles. The molecule has 0 heterocycles. The van der Waals surface area contributed by atoms with Gasteiger partial charge in [0.05, 0.1) is 171 Å². The molecule has 20 heteroatoms. The van der Waals surface area contributed by atoms with E-state index in [4.69, 9.17) is 61.9 Å². The Balaban J connectivity index is 3.18. The van der Waals surface area contributed by atoms with E-state index < -0.39 is 24.3 Å². The Morgan fingerprint density at radius 3 is 1.02 bits per heavy atom. The van der Waals surface area contributed by atoms with Crippen molar-refractivity contribution in [3.05, 3.63) is 0 Å². The Hall–Kier alpha value is -1.70. The molecular weight excluding hydrogens is 736 g/mol. The number of aliphatic hydroxyl groups is 4. The van der Waals surface area contributed by atoms with Crippen molar-refractivity contribution in [1.82, 2.24) is 10.6 Å². The van der Waals surface area contributed by atoms with Gasteiger partial charge in [0.2, 0.25) is 0 Å². The van der Waals surface area contributed by atoms with Crippen molar-refractivity contribution in [3.63, 3.8) is 0 Å². The Bertz CT molecular complexity index is 821. The van der Waals surface area contributed by atoms with Crippen molar-refractivity contribution in [3.8, 4) is 0 Å². The molecule has 0 saturated heterocycles. The van der Waals surface area contributed by atoms with Gasteiger partial charge in [-0.3, -0.25) is 4.79 Å². The first kappa shape index (κ1) is 53.3. The number of ether oxygens (including phenoxy) is 12. The van der Waals surface area contributed by atoms with Gasteiger partial charge < -0.3 is 87.9 Å². The van der Waals surface area contributed by atoms with Crippen LogP contribution in [0.1, 0.15) is 19.8 Å². The van der Waals surface area contributed by atoms with Crippen LogP contribution in [0, 0.1) is 0 Å². The minimum atomic E-state index is -1.48. The summed E-state index contributed by atoms with van der Waals surface area (Å²) >= 11 is 0. The maximum Gasteiger partial charge on any atom is 0.314 e. The van der Waals surface area contributed by atoms with Crippen LogP contribution in [0.25, 0.3) is 0 Å². The highest BCUT2D eigenvalue weighted by atomic mass is 16.6. The molecule has 20 nitrogen and oxygen atoms in total. The Labute approximate surface area is 325 Å². The maximum atomic E-state index is 11.7. The molecule has 0 rings (SSSR count). The monoisotopic (exact) mass is 806 g/mol. The smallest absolute Gasteiger partial charge is 0.314 e. The number of carbonyl (C=O) groups is 2. The van der Waals surface area contributed by atoms with Crippen molar-refractivity contribution in [2.45, 2.75) is 38.1 Å². The van der Waals surface area contributed by atoms with E-state index in [1.165, 1.54) is 0 Å². The minimum absolute atomic E-state index is 0.0810. The van der Waals surface area contributed by atoms with E-state index in [-0.39, 0.29) is 38.5 Å². The number of hydrogen-bond acceptors (Lipinski definition) is 18. The van der Waals surface area contributed by atoms with Crippen LogP contribution in [0.2, 0.25) is 0 Å². The summed E-state index contributed by atoms with van der Waals surface area (Å²) in [6.07, 6.45) is -3.78. The lowest BCUT2D eigenvalue weighted by molar-refractivity contribution is -0.118. The third-order valence-corrected chi connectivity index (χ3v) is 6.91. The van der Waals surface area contributed by atoms with Gasteiger partial charge in [-0.15, -0.1) is 0 Å². The highest BCUT2D eigenvalue weighted by molar-refractivity contribution is 5.75. The van der Waals surface area contributed by atoms with Crippen LogP contribution in [-0.2, 0) is 61.6 Å². The summed E-state index contributed by atoms with van der Waals surface area (Å²) in [6, 6.07) is -0.557. The predicted molar refractivity (Wildman–Crippen MR) is 196 cm³/mol. The lowest BCUT2D eigenvalue weighted by Gasteiger charge is -2.22. The standard InChI is InChI=1S/C35H70N2O18/c1-31(39)3-6-44-8-10-46-12-14-48-16-18-50-20-22-52-24-26-54-28-29-55-27-25-53-23-21-51-19-17-49-15-13-47-11-9-45-7-4-36-35(43)37-30-33(41)34(42)32(40)2-5-38/h32-34,38,40-42H,2-30H2,1H3,(H2,36,37,43). The molecular formula is C35H70N2O18. The Morgan fingerprint density at radius 2 is 0.727 bits per heavy atom. The van der Waals surface area contributed by atoms with Crippen LogP contribution < -0.4 is 10.6 Å². The van der Waals surface area contributed by atoms with Crippen molar-refractivity contribution in [2.24, 2.45) is 0 Å². The second kappa shape index (κ2) is 43.4. The van der Waals surface area contributed by atoms with Gasteiger partial charge in [0.1, 0.15) is 11.9 Å². The molecule has 0 bridgehead atoms. The number of hydrogen-bond donors (Lipinski definition) is 6. The van der Waals surface area contributed by atoms with Crippen LogP contribution in [0.3, 0.4) is 0 Å². The van der Waals surface area contributed by atoms with Crippen molar-refractivity contribution in [1.29, 1.82) is 0 Å². The highest BCUT2D eigenvalue weighted by Crippen LogP contribution is 2.03. The fourth-order valence-corrected chi connectivity index (χ4v) is 3.91. The summed E-state index contributed by atoms with van der Waals surface area (Å²) in [7, 11) is 0. The SMILES string of the molecule is CC(=O)CCOCCOCCOCCOCCOCCOCCOCCOCCOCCOCCOCCOCCNC(=O)NCC(O)C(O)C(O)CCO. The molecule has 2 amide bonds. The van der Waals surface area contributed by atoms with E-state index in [1.54, 1.807) is 6.92 Å². The fourth-order valence-electron chi connectivity index (χ4n) is 3.91. The summed E-state index contributed by atoms with van der Waals surface area (Å²) in [5, 5.41) is 42.7. The maximum absolute atomic E-state index is 11.7. The van der Waals surface area contributed by atoms with Crippen molar-refractivity contribution in [2.75, 3.05) is 178 Å². The van der Waals surface area contributed by atoms with E-state index in [2.05, 4.69) is 10.6 Å². The van der Waals surface area contributed by atoms with Gasteiger partial charge in [0.25, 0.3) is 0 Å². The third-order valence-electron chi connectivity index (χ3n) is 6.91. The van der Waals surface area contributed by atoms with Gasteiger partial charge >= 0.3 is 6.03 Å². The largest absolute Gasteiger partial charge is 0.396 e. The highest BCUT2D eigenvalue weighted by Gasteiger charge is 2.24. The molecule has 6 N–H and O–H groups in total. The number of carbonyl (C=O) groups excluding carboxylic acids is 2. The Kier molecular flexibility index (Phi) is 42.1. The topological polar surface area (TPSA) is 250 Å². The zero-order valence-corrected chi connectivity index (χ0v) is 32.7. The van der Waals surface area contributed by atoms with Crippen LogP contribution in [0.15, 0.2) is 0 Å². The molecule has 0 fully saturated rings. The lowest BCUT2D eigenvalue weighted by atomic mass is 10.1. The second-order valence-electron chi connectivity index (χ2n) is 11.6. The first-order valence-corrected chi connectivity index (χ1v) is 19.0. The molecule has 0 spiro atoms. The average Bonchev–Trinajstić information content (AvgIpc) is 3.17. The van der Waals surface area contributed by atoms with Crippen LogP contribution in [0.4, 0.5) is 4.79 Å². The predicted octanol–water partition coefficient (Wildman–Crippen LogP) is -2.07. The van der Waals surface area contributed by atoms with E-state index in [0.29, 0.717) is 158 Å². The van der Waals surface area contributed by atoms with Crippen molar-refractivity contribution >= 4 is 11.8 Å². The third kappa shape index (κ3) is 41.7. The summed E-state index contributed by atoms with van der Waals surface area (Å²) in [5.74, 6) is 0.116. The zero-order valence-electron chi connectivity index (χ0n) is 32.7. The quantitative estimate of drug-likeness (QED) is 0.0362. The van der Waals surface area contributed by atoms with Gasteiger partial charge in [-0.2, -0.15) is 0 Å². The van der Waals surface area contributed by atoms with E-state index in [9.17, 15) is 24.9 Å². The lowest BCUT2D eigenvalue weighted by Crippen LogP contribution is -2.47. The second-order valence-corrected chi connectivity index (χ2v) is 11.6. The molecule has 0 aromatic carbocycles. The summed E-state index contributed by atoms with van der Waals surface area (Å²) in [6.45, 7) is 11.8. The van der Waals surface area contributed by atoms with Gasteiger partial charge in [-0.25, -0.2) is 4.79 Å². The minimum Gasteiger partial charge on any atom is -0.396 e. The first-order chi connectivity index (χ1) is 26.9. The molecule has 0 aromatic rings. The number of Topliss-reactive ketones (excluding diaryl/α,β-unsaturated/α-hetero) is 1. The van der Waals surface area contributed by atoms with Gasteiger partial charge in [0.15, 0.2) is 0 Å². The van der Waals surface area contributed by atoms with Crippen LogP contribution in [0.5, 0.6) is 0 Å². The zero-order chi connectivity index (χ0) is 40.3. The molecule has 3 unspecified atom stereocenters. The molecule has 0 aromatic heterocycles. The van der Waals surface area contributed by atoms with E-state index in [0.717, 1.165) is 0 Å². The average molecular weight is 807 g/mol. The molecule has 0 aliphatic rings.